The predicted octanol–water partition coefficient (Wildman–Crippen LogP) is 3.88. The standard InChI is InChI=1S/C17H20F2N2/c1-12(16-6-4-5-7-17(16)19)21(3)15-9-13(11-20-2)8-14(18)10-15/h4-10,12,20H,11H2,1-3H3. The van der Waals surface area contributed by atoms with E-state index in [1.165, 1.54) is 18.2 Å². The lowest BCUT2D eigenvalue weighted by Crippen LogP contribution is -2.23. The minimum absolute atomic E-state index is 0.185. The van der Waals surface area contributed by atoms with Crippen molar-refractivity contribution in [1.29, 1.82) is 0 Å². The van der Waals surface area contributed by atoms with Crippen LogP contribution in [0.3, 0.4) is 0 Å². The third-order valence-corrected chi connectivity index (χ3v) is 3.67. The van der Waals surface area contributed by atoms with Crippen LogP contribution in [0.2, 0.25) is 0 Å². The monoisotopic (exact) mass is 290 g/mol. The molecule has 0 aromatic heterocycles. The molecular formula is C17H20F2N2. The molecule has 2 rings (SSSR count). The number of anilines is 1. The molecule has 0 radical (unpaired) electrons. The van der Waals surface area contributed by atoms with E-state index in [0.29, 0.717) is 12.1 Å². The molecule has 0 aliphatic rings. The average molecular weight is 290 g/mol. The molecule has 0 heterocycles. The maximum atomic E-state index is 13.9. The fourth-order valence-corrected chi connectivity index (χ4v) is 2.39. The summed E-state index contributed by atoms with van der Waals surface area (Å²) >= 11 is 0. The summed E-state index contributed by atoms with van der Waals surface area (Å²) in [7, 11) is 3.66. The highest BCUT2D eigenvalue weighted by molar-refractivity contribution is 5.50. The molecule has 2 aromatic rings. The Balaban J connectivity index is 2.31. The molecule has 112 valence electrons. The van der Waals surface area contributed by atoms with Gasteiger partial charge in [0, 0.05) is 24.8 Å². The lowest BCUT2D eigenvalue weighted by Gasteiger charge is -2.28. The van der Waals surface area contributed by atoms with Crippen LogP contribution in [0.5, 0.6) is 0 Å². The van der Waals surface area contributed by atoms with Gasteiger partial charge in [-0.1, -0.05) is 18.2 Å². The lowest BCUT2D eigenvalue weighted by molar-refractivity contribution is 0.584. The largest absolute Gasteiger partial charge is 0.368 e. The van der Waals surface area contributed by atoms with Crippen molar-refractivity contribution in [1.82, 2.24) is 5.32 Å². The zero-order chi connectivity index (χ0) is 15.4. The molecule has 2 nitrogen and oxygen atoms in total. The Kier molecular flexibility index (Phi) is 4.91. The smallest absolute Gasteiger partial charge is 0.128 e. The van der Waals surface area contributed by atoms with Crippen molar-refractivity contribution < 1.29 is 8.78 Å². The molecule has 0 saturated heterocycles. The molecule has 1 N–H and O–H groups in total. The molecule has 0 aliphatic heterocycles. The van der Waals surface area contributed by atoms with Gasteiger partial charge >= 0.3 is 0 Å². The number of rotatable bonds is 5. The van der Waals surface area contributed by atoms with Gasteiger partial charge in [-0.15, -0.1) is 0 Å². The van der Waals surface area contributed by atoms with Crippen LogP contribution in [0.4, 0.5) is 14.5 Å². The summed E-state index contributed by atoms with van der Waals surface area (Å²) in [4.78, 5) is 1.88. The molecule has 0 bridgehead atoms. The van der Waals surface area contributed by atoms with Gasteiger partial charge in [-0.25, -0.2) is 8.78 Å². The van der Waals surface area contributed by atoms with Gasteiger partial charge in [0.15, 0.2) is 0 Å². The quantitative estimate of drug-likeness (QED) is 0.899. The van der Waals surface area contributed by atoms with Gasteiger partial charge in [0.05, 0.1) is 6.04 Å². The Morgan fingerprint density at radius 3 is 2.52 bits per heavy atom. The van der Waals surface area contributed by atoms with E-state index in [2.05, 4.69) is 5.32 Å². The molecule has 0 amide bonds. The molecule has 0 saturated carbocycles. The van der Waals surface area contributed by atoms with Crippen LogP contribution in [0.25, 0.3) is 0 Å². The van der Waals surface area contributed by atoms with Gasteiger partial charge < -0.3 is 10.2 Å². The summed E-state index contributed by atoms with van der Waals surface area (Å²) in [6.07, 6.45) is 0. The number of nitrogens with zero attached hydrogens (tertiary/aromatic N) is 1. The van der Waals surface area contributed by atoms with E-state index in [0.717, 1.165) is 11.3 Å². The average Bonchev–Trinajstić information content (AvgIpc) is 2.46. The molecule has 1 atom stereocenters. The van der Waals surface area contributed by atoms with E-state index in [4.69, 9.17) is 0 Å². The second kappa shape index (κ2) is 6.68. The maximum Gasteiger partial charge on any atom is 0.128 e. The molecule has 1 unspecified atom stereocenters. The number of hydrogen-bond acceptors (Lipinski definition) is 2. The van der Waals surface area contributed by atoms with Crippen LogP contribution in [-0.2, 0) is 6.54 Å². The Hall–Kier alpha value is -1.94. The van der Waals surface area contributed by atoms with E-state index in [9.17, 15) is 8.78 Å². The van der Waals surface area contributed by atoms with Gasteiger partial charge in [-0.2, -0.15) is 0 Å². The summed E-state index contributed by atoms with van der Waals surface area (Å²) in [5.41, 5.74) is 2.19. The molecular weight excluding hydrogens is 270 g/mol. The van der Waals surface area contributed by atoms with Crippen molar-refractivity contribution in [2.75, 3.05) is 19.0 Å². The SMILES string of the molecule is CNCc1cc(F)cc(N(C)C(C)c2ccccc2F)c1. The van der Waals surface area contributed by atoms with Crippen molar-refractivity contribution in [3.63, 3.8) is 0 Å². The molecule has 0 aliphatic carbocycles. The first kappa shape index (κ1) is 15.4. The summed E-state index contributed by atoms with van der Waals surface area (Å²) in [5, 5.41) is 3.00. The summed E-state index contributed by atoms with van der Waals surface area (Å²) in [6.45, 7) is 2.49. The van der Waals surface area contributed by atoms with Gasteiger partial charge in [0.25, 0.3) is 0 Å². The van der Waals surface area contributed by atoms with Gasteiger partial charge in [0.2, 0.25) is 0 Å². The van der Waals surface area contributed by atoms with Gasteiger partial charge in [0.1, 0.15) is 11.6 Å². The predicted molar refractivity (Wildman–Crippen MR) is 82.4 cm³/mol. The number of nitrogens with one attached hydrogen (secondary N) is 1. The second-order valence-corrected chi connectivity index (χ2v) is 5.16. The first-order valence-corrected chi connectivity index (χ1v) is 6.94. The highest BCUT2D eigenvalue weighted by Crippen LogP contribution is 2.28. The van der Waals surface area contributed by atoms with E-state index >= 15 is 0 Å². The fourth-order valence-electron chi connectivity index (χ4n) is 2.39. The van der Waals surface area contributed by atoms with Crippen LogP contribution in [0.1, 0.15) is 24.1 Å². The molecule has 21 heavy (non-hydrogen) atoms. The highest BCUT2D eigenvalue weighted by atomic mass is 19.1. The van der Waals surface area contributed by atoms with Crippen LogP contribution in [-0.4, -0.2) is 14.1 Å². The zero-order valence-electron chi connectivity index (χ0n) is 12.5. The van der Waals surface area contributed by atoms with Gasteiger partial charge in [-0.05, 0) is 43.8 Å². The maximum absolute atomic E-state index is 13.9. The number of hydrogen-bond donors (Lipinski definition) is 1. The first-order chi connectivity index (χ1) is 10.0. The zero-order valence-corrected chi connectivity index (χ0v) is 12.5. The third-order valence-electron chi connectivity index (χ3n) is 3.67. The summed E-state index contributed by atoms with van der Waals surface area (Å²) < 4.78 is 27.6. The first-order valence-electron chi connectivity index (χ1n) is 6.94. The normalized spacial score (nSPS) is 12.2. The van der Waals surface area contributed by atoms with Crippen molar-refractivity contribution in [3.05, 3.63) is 65.2 Å². The summed E-state index contributed by atoms with van der Waals surface area (Å²) in [5.74, 6) is -0.533. The topological polar surface area (TPSA) is 15.3 Å². The molecule has 0 spiro atoms. The number of benzene rings is 2. The van der Waals surface area contributed by atoms with E-state index in [1.807, 2.05) is 32.0 Å². The highest BCUT2D eigenvalue weighted by Gasteiger charge is 2.16. The van der Waals surface area contributed by atoms with Crippen molar-refractivity contribution in [3.8, 4) is 0 Å². The Labute approximate surface area is 124 Å². The van der Waals surface area contributed by atoms with Crippen molar-refractivity contribution in [2.24, 2.45) is 0 Å². The summed E-state index contributed by atoms with van der Waals surface area (Å²) in [6, 6.07) is 11.4. The van der Waals surface area contributed by atoms with Crippen LogP contribution in [0, 0.1) is 11.6 Å². The van der Waals surface area contributed by atoms with E-state index < -0.39 is 0 Å². The second-order valence-electron chi connectivity index (χ2n) is 5.16. The lowest BCUT2D eigenvalue weighted by atomic mass is 10.1. The minimum Gasteiger partial charge on any atom is -0.368 e. The van der Waals surface area contributed by atoms with Crippen molar-refractivity contribution in [2.45, 2.75) is 19.5 Å². The third kappa shape index (κ3) is 3.58. The van der Waals surface area contributed by atoms with Crippen LogP contribution < -0.4 is 10.2 Å². The molecule has 0 fully saturated rings. The fraction of sp³-hybridized carbons (Fsp3) is 0.294. The van der Waals surface area contributed by atoms with E-state index in [-0.39, 0.29) is 17.7 Å². The Bertz CT molecular complexity index is 613. The van der Waals surface area contributed by atoms with Crippen LogP contribution in [0.15, 0.2) is 42.5 Å². The molecule has 4 heteroatoms. The van der Waals surface area contributed by atoms with Gasteiger partial charge in [-0.3, -0.25) is 0 Å². The Morgan fingerprint density at radius 2 is 1.86 bits per heavy atom. The Morgan fingerprint density at radius 1 is 1.14 bits per heavy atom. The van der Waals surface area contributed by atoms with Crippen molar-refractivity contribution >= 4 is 5.69 Å². The van der Waals surface area contributed by atoms with E-state index in [1.54, 1.807) is 18.2 Å². The van der Waals surface area contributed by atoms with Crippen LogP contribution >= 0.6 is 0 Å². The minimum atomic E-state index is -0.287. The molecule has 2 aromatic carbocycles. The number of halogens is 2.